The molecule has 0 aromatic rings. The fourth-order valence-corrected chi connectivity index (χ4v) is 4.64. The Morgan fingerprint density at radius 2 is 1.82 bits per heavy atom. The van der Waals surface area contributed by atoms with Gasteiger partial charge in [-0.3, -0.25) is 0 Å². The van der Waals surface area contributed by atoms with Crippen molar-refractivity contribution in [1.29, 1.82) is 0 Å². The predicted molar refractivity (Wildman–Crippen MR) is 68.5 cm³/mol. The van der Waals surface area contributed by atoms with Gasteiger partial charge >= 0.3 is 12.1 Å². The lowest BCUT2D eigenvalue weighted by Crippen LogP contribution is -2.65. The first-order valence-corrected chi connectivity index (χ1v) is 7.37. The molecule has 0 N–H and O–H groups in total. The molecule has 7 heteroatoms. The third-order valence-electron chi connectivity index (χ3n) is 5.81. The van der Waals surface area contributed by atoms with Crippen molar-refractivity contribution >= 4 is 0 Å². The first-order valence-electron chi connectivity index (χ1n) is 7.37. The van der Waals surface area contributed by atoms with Crippen LogP contribution in [0.4, 0.5) is 22.0 Å². The molecule has 6 unspecified atom stereocenters. The smallest absolute Gasteiger partial charge is 0.369 e. The van der Waals surface area contributed by atoms with Crippen LogP contribution in [0.15, 0.2) is 12.2 Å². The number of rotatable bonds is 2. The summed E-state index contributed by atoms with van der Waals surface area (Å²) in [5, 5.41) is 0. The lowest BCUT2D eigenvalue weighted by molar-refractivity contribution is -0.327. The highest BCUT2D eigenvalue weighted by Crippen LogP contribution is 2.64. The Bertz CT molecular complexity index is 503. The maximum Gasteiger partial charge on any atom is 0.423 e. The van der Waals surface area contributed by atoms with Crippen molar-refractivity contribution in [3.63, 3.8) is 0 Å². The highest BCUT2D eigenvalue weighted by Gasteiger charge is 2.84. The summed E-state index contributed by atoms with van der Waals surface area (Å²) in [6, 6.07) is 0. The van der Waals surface area contributed by atoms with Crippen LogP contribution in [0.1, 0.15) is 26.7 Å². The van der Waals surface area contributed by atoms with Gasteiger partial charge in [-0.15, -0.1) is 0 Å². The summed E-state index contributed by atoms with van der Waals surface area (Å²) in [5.74, 6) is -4.89. The Kier molecular flexibility index (Phi) is 3.26. The van der Waals surface area contributed by atoms with Gasteiger partial charge in [0.15, 0.2) is 5.60 Å². The fourth-order valence-electron chi connectivity index (χ4n) is 4.64. The zero-order valence-corrected chi connectivity index (χ0v) is 12.6. The first-order chi connectivity index (χ1) is 10.0. The number of hydrogen-bond donors (Lipinski definition) is 0. The number of methoxy groups -OCH3 is 1. The Hall–Kier alpha value is -0.690. The van der Waals surface area contributed by atoms with Gasteiger partial charge in [0.1, 0.15) is 0 Å². The van der Waals surface area contributed by atoms with Crippen LogP contribution in [0.25, 0.3) is 0 Å². The molecule has 2 bridgehead atoms. The number of fused-ring (bicyclic) bond motifs is 2. The van der Waals surface area contributed by atoms with Crippen LogP contribution in [0.2, 0.25) is 0 Å². The minimum absolute atomic E-state index is 0.141. The van der Waals surface area contributed by atoms with E-state index in [1.165, 1.54) is 6.92 Å². The molecule has 3 aliphatic rings. The van der Waals surface area contributed by atoms with Crippen LogP contribution in [0, 0.1) is 17.8 Å². The molecule has 126 valence electrons. The zero-order valence-electron chi connectivity index (χ0n) is 12.6. The number of allylic oxidation sites excluding steroid dienone is 2. The SMILES string of the molecule is COC1(C2CC3C=CC2C3)C(C)OC(C)(C(F)(F)F)C1(F)F. The average molecular weight is 326 g/mol. The Labute approximate surface area is 125 Å². The van der Waals surface area contributed by atoms with E-state index < -0.39 is 35.3 Å². The fraction of sp³-hybridized carbons (Fsp3) is 0.867. The summed E-state index contributed by atoms with van der Waals surface area (Å²) in [6.07, 6.45) is -1.65. The van der Waals surface area contributed by atoms with Crippen LogP contribution in [0.5, 0.6) is 0 Å². The lowest BCUT2D eigenvalue weighted by atomic mass is 9.69. The Morgan fingerprint density at radius 3 is 2.18 bits per heavy atom. The van der Waals surface area contributed by atoms with E-state index in [9.17, 15) is 13.2 Å². The van der Waals surface area contributed by atoms with Crippen molar-refractivity contribution in [2.75, 3.05) is 7.11 Å². The van der Waals surface area contributed by atoms with Gasteiger partial charge in [-0.05, 0) is 38.5 Å². The predicted octanol–water partition coefficient (Wildman–Crippen LogP) is 3.96. The van der Waals surface area contributed by atoms with Gasteiger partial charge in [0.25, 0.3) is 0 Å². The minimum Gasteiger partial charge on any atom is -0.369 e. The van der Waals surface area contributed by atoms with Crippen LogP contribution >= 0.6 is 0 Å². The van der Waals surface area contributed by atoms with Crippen molar-refractivity contribution < 1.29 is 31.4 Å². The quantitative estimate of drug-likeness (QED) is 0.565. The molecule has 0 amide bonds. The van der Waals surface area contributed by atoms with Gasteiger partial charge in [-0.2, -0.15) is 22.0 Å². The summed E-state index contributed by atoms with van der Waals surface area (Å²) < 4.78 is 79.9. The molecule has 0 aromatic carbocycles. The van der Waals surface area contributed by atoms with Crippen molar-refractivity contribution in [2.24, 2.45) is 17.8 Å². The summed E-state index contributed by atoms with van der Waals surface area (Å²) in [7, 11) is 1.06. The standard InChI is InChI=1S/C15H19F5O2/c1-8-13(21-3,11-7-9-4-5-10(11)6-9)14(16,17)12(2,22-8)15(18,19)20/h4-5,8-11H,6-7H2,1-3H3. The van der Waals surface area contributed by atoms with E-state index in [2.05, 4.69) is 0 Å². The molecular formula is C15H19F5O2. The van der Waals surface area contributed by atoms with E-state index in [0.29, 0.717) is 19.8 Å². The second-order valence-corrected chi connectivity index (χ2v) is 6.75. The van der Waals surface area contributed by atoms with Crippen LogP contribution in [-0.4, -0.2) is 36.5 Å². The summed E-state index contributed by atoms with van der Waals surface area (Å²) >= 11 is 0. The summed E-state index contributed by atoms with van der Waals surface area (Å²) in [5.41, 5.74) is -5.80. The first kappa shape index (κ1) is 16.2. The van der Waals surface area contributed by atoms with Gasteiger partial charge in [0, 0.05) is 13.0 Å². The van der Waals surface area contributed by atoms with Crippen molar-refractivity contribution in [1.82, 2.24) is 0 Å². The van der Waals surface area contributed by atoms with Crippen molar-refractivity contribution in [3.05, 3.63) is 12.2 Å². The number of ether oxygens (including phenoxy) is 2. The topological polar surface area (TPSA) is 18.5 Å². The molecule has 2 aliphatic carbocycles. The Morgan fingerprint density at radius 1 is 1.18 bits per heavy atom. The third kappa shape index (κ3) is 1.62. The van der Waals surface area contributed by atoms with Gasteiger partial charge < -0.3 is 9.47 Å². The minimum atomic E-state index is -5.18. The molecule has 1 aliphatic heterocycles. The Balaban J connectivity index is 2.10. The number of halogens is 5. The maximum atomic E-state index is 15.0. The molecule has 2 fully saturated rings. The molecule has 1 heterocycles. The summed E-state index contributed by atoms with van der Waals surface area (Å²) in [6.45, 7) is 1.68. The summed E-state index contributed by atoms with van der Waals surface area (Å²) in [4.78, 5) is 0. The van der Waals surface area contributed by atoms with Crippen LogP contribution < -0.4 is 0 Å². The lowest BCUT2D eigenvalue weighted by Gasteiger charge is -2.45. The molecule has 1 saturated carbocycles. The molecule has 3 rings (SSSR count). The van der Waals surface area contributed by atoms with Crippen molar-refractivity contribution in [3.8, 4) is 0 Å². The van der Waals surface area contributed by atoms with E-state index in [1.807, 2.05) is 12.2 Å². The van der Waals surface area contributed by atoms with Gasteiger partial charge in [0.05, 0.1) is 6.10 Å². The van der Waals surface area contributed by atoms with E-state index in [0.717, 1.165) is 7.11 Å². The van der Waals surface area contributed by atoms with E-state index in [-0.39, 0.29) is 11.8 Å². The monoisotopic (exact) mass is 326 g/mol. The maximum absolute atomic E-state index is 15.0. The average Bonchev–Trinajstić information content (AvgIpc) is 3.03. The normalized spacial score (nSPS) is 50.0. The highest BCUT2D eigenvalue weighted by atomic mass is 19.4. The van der Waals surface area contributed by atoms with Crippen LogP contribution in [0.3, 0.4) is 0 Å². The number of alkyl halides is 5. The van der Waals surface area contributed by atoms with Crippen LogP contribution in [-0.2, 0) is 9.47 Å². The van der Waals surface area contributed by atoms with E-state index in [1.54, 1.807) is 0 Å². The molecule has 2 nitrogen and oxygen atoms in total. The zero-order chi connectivity index (χ0) is 16.6. The number of hydrogen-bond acceptors (Lipinski definition) is 2. The largest absolute Gasteiger partial charge is 0.423 e. The van der Waals surface area contributed by atoms with Gasteiger partial charge in [-0.1, -0.05) is 12.2 Å². The van der Waals surface area contributed by atoms with Crippen molar-refractivity contribution in [2.45, 2.75) is 56.1 Å². The van der Waals surface area contributed by atoms with E-state index in [4.69, 9.17) is 9.47 Å². The molecule has 0 aromatic heterocycles. The molecular weight excluding hydrogens is 307 g/mol. The third-order valence-corrected chi connectivity index (χ3v) is 5.81. The molecule has 22 heavy (non-hydrogen) atoms. The highest BCUT2D eigenvalue weighted by molar-refractivity contribution is 5.25. The van der Waals surface area contributed by atoms with Gasteiger partial charge in [0.2, 0.25) is 5.60 Å². The molecule has 0 spiro atoms. The second-order valence-electron chi connectivity index (χ2n) is 6.75. The van der Waals surface area contributed by atoms with E-state index >= 15 is 8.78 Å². The van der Waals surface area contributed by atoms with Gasteiger partial charge in [-0.25, -0.2) is 0 Å². The second kappa shape index (κ2) is 4.44. The molecule has 0 radical (unpaired) electrons. The molecule has 6 atom stereocenters. The molecule has 1 saturated heterocycles.